The molecule has 2 aromatic heterocycles. The molecular formula is C32H33F3N4O5. The lowest BCUT2D eigenvalue weighted by Gasteiger charge is -2.41. The maximum Gasteiger partial charge on any atom is 0.573 e. The number of carboxylic acid groups (broad SMARTS) is 1. The summed E-state index contributed by atoms with van der Waals surface area (Å²) in [5.74, 6) is 0.493. The predicted molar refractivity (Wildman–Crippen MR) is 155 cm³/mol. The van der Waals surface area contributed by atoms with Crippen LogP contribution in [-0.2, 0) is 11.3 Å². The average Bonchev–Trinajstić information content (AvgIpc) is 3.75. The predicted octanol–water partition coefficient (Wildman–Crippen LogP) is 7.58. The van der Waals surface area contributed by atoms with Gasteiger partial charge in [0.25, 0.3) is 0 Å². The lowest BCUT2D eigenvalue weighted by Crippen LogP contribution is -2.43. The fraction of sp³-hybridized carbons (Fsp3) is 0.438. The number of nitrogens with zero attached hydrogens (tertiary/aromatic N) is 3. The maximum atomic E-state index is 13.1. The minimum absolute atomic E-state index is 0.0784. The van der Waals surface area contributed by atoms with Crippen LogP contribution in [-0.4, -0.2) is 44.7 Å². The van der Waals surface area contributed by atoms with Crippen molar-refractivity contribution in [2.24, 2.45) is 11.8 Å². The third-order valence-electron chi connectivity index (χ3n) is 8.56. The number of hydrogen-bond donors (Lipinski definition) is 2. The van der Waals surface area contributed by atoms with Crippen molar-refractivity contribution in [2.75, 3.05) is 5.32 Å². The van der Waals surface area contributed by atoms with E-state index >= 15 is 0 Å². The van der Waals surface area contributed by atoms with Gasteiger partial charge in [-0.2, -0.15) is 0 Å². The number of fused-ring (bicyclic) bond motifs is 1. The Kier molecular flexibility index (Phi) is 8.19. The van der Waals surface area contributed by atoms with Gasteiger partial charge in [-0.15, -0.1) is 13.2 Å². The molecule has 232 valence electrons. The fourth-order valence-corrected chi connectivity index (χ4v) is 6.29. The number of nitrogens with one attached hydrogen (secondary N) is 1. The Morgan fingerprint density at radius 1 is 1.14 bits per heavy atom. The number of hydrogen-bond acceptors (Lipinski definition) is 8. The molecule has 0 radical (unpaired) electrons. The summed E-state index contributed by atoms with van der Waals surface area (Å²) in [6.07, 6.45) is 0.941. The van der Waals surface area contributed by atoms with Crippen molar-refractivity contribution in [1.29, 1.82) is 0 Å². The zero-order chi connectivity index (χ0) is 31.0. The molecule has 2 N–H and O–H groups in total. The summed E-state index contributed by atoms with van der Waals surface area (Å²) in [5.41, 5.74) is 2.14. The zero-order valence-corrected chi connectivity index (χ0v) is 24.3. The molecule has 2 saturated carbocycles. The van der Waals surface area contributed by atoms with E-state index in [1.165, 1.54) is 18.2 Å². The molecule has 4 aromatic rings. The molecule has 2 fully saturated rings. The molecule has 0 spiro atoms. The number of ether oxygens (including phenoxy) is 2. The molecule has 2 aliphatic rings. The van der Waals surface area contributed by atoms with Crippen molar-refractivity contribution in [1.82, 2.24) is 15.1 Å². The number of carbonyl (C=O) groups is 1. The third-order valence-corrected chi connectivity index (χ3v) is 8.56. The van der Waals surface area contributed by atoms with Gasteiger partial charge in [0.1, 0.15) is 28.5 Å². The lowest BCUT2D eigenvalue weighted by atomic mass is 9.75. The molecule has 4 atom stereocenters. The number of rotatable bonds is 10. The second-order valence-electron chi connectivity index (χ2n) is 11.6. The highest BCUT2D eigenvalue weighted by Crippen LogP contribution is 2.46. The number of aromatic carboxylic acids is 1. The SMILES string of the molecule is CCC1CC(OCc2c(-c3ccccc3OC(F)(F)F)noc2C2CC2)CC(C)C1Nc1cnc2c(C(=O)O)cccc2n1. The molecule has 0 bridgehead atoms. The molecule has 44 heavy (non-hydrogen) atoms. The van der Waals surface area contributed by atoms with Gasteiger partial charge >= 0.3 is 12.3 Å². The smallest absolute Gasteiger partial charge is 0.478 e. The van der Waals surface area contributed by atoms with E-state index in [0.717, 1.165) is 32.1 Å². The highest BCUT2D eigenvalue weighted by molar-refractivity contribution is 6.00. The first-order chi connectivity index (χ1) is 21.1. The standard InChI is InChI=1S/C32H33F3N4O5/c1-3-18-14-20(13-17(2)27(18)38-26-15-36-29-22(31(40)41)8-6-9-24(29)37-26)42-16-23-28(39-44-30(23)19-11-12-19)21-7-4-5-10-25(21)43-32(33,34)35/h4-10,15,17-20,27H,3,11-14,16H2,1-2H3,(H,37,38)(H,40,41). The number of halogens is 3. The van der Waals surface area contributed by atoms with Crippen molar-refractivity contribution < 1.29 is 37.1 Å². The maximum absolute atomic E-state index is 13.1. The topological polar surface area (TPSA) is 120 Å². The molecule has 2 aliphatic carbocycles. The van der Waals surface area contributed by atoms with Crippen LogP contribution in [0.5, 0.6) is 5.75 Å². The summed E-state index contributed by atoms with van der Waals surface area (Å²) in [5, 5.41) is 17.2. The van der Waals surface area contributed by atoms with E-state index in [1.807, 2.05) is 0 Å². The van der Waals surface area contributed by atoms with Crippen LogP contribution < -0.4 is 10.1 Å². The highest BCUT2D eigenvalue weighted by atomic mass is 19.4. The van der Waals surface area contributed by atoms with Crippen LogP contribution in [0.4, 0.5) is 19.0 Å². The lowest BCUT2D eigenvalue weighted by molar-refractivity contribution is -0.274. The Hall–Kier alpha value is -4.19. The van der Waals surface area contributed by atoms with Gasteiger partial charge in [-0.3, -0.25) is 0 Å². The van der Waals surface area contributed by atoms with Crippen molar-refractivity contribution >= 4 is 22.8 Å². The van der Waals surface area contributed by atoms with E-state index in [0.29, 0.717) is 33.9 Å². The van der Waals surface area contributed by atoms with Crippen molar-refractivity contribution in [3.63, 3.8) is 0 Å². The molecule has 0 amide bonds. The summed E-state index contributed by atoms with van der Waals surface area (Å²) >= 11 is 0. The number of carboxylic acids is 1. The second-order valence-corrected chi connectivity index (χ2v) is 11.6. The van der Waals surface area contributed by atoms with Crippen LogP contribution in [0, 0.1) is 11.8 Å². The summed E-state index contributed by atoms with van der Waals surface area (Å²) in [4.78, 5) is 20.6. The number of anilines is 1. The Morgan fingerprint density at radius 2 is 1.93 bits per heavy atom. The molecule has 4 unspecified atom stereocenters. The number of benzene rings is 2. The number of para-hydroxylation sites is 2. The Morgan fingerprint density at radius 3 is 2.66 bits per heavy atom. The summed E-state index contributed by atoms with van der Waals surface area (Å²) in [7, 11) is 0. The summed E-state index contributed by atoms with van der Waals surface area (Å²) in [6, 6.07) is 10.9. The third kappa shape index (κ3) is 6.35. The van der Waals surface area contributed by atoms with Crippen LogP contribution in [0.15, 0.2) is 53.2 Å². The molecule has 2 aromatic carbocycles. The zero-order valence-electron chi connectivity index (χ0n) is 24.3. The van der Waals surface area contributed by atoms with E-state index in [-0.39, 0.29) is 53.4 Å². The van der Waals surface area contributed by atoms with Crippen LogP contribution in [0.2, 0.25) is 0 Å². The fourth-order valence-electron chi connectivity index (χ4n) is 6.29. The molecule has 0 aliphatic heterocycles. The summed E-state index contributed by atoms with van der Waals surface area (Å²) < 4.78 is 55.9. The van der Waals surface area contributed by atoms with Gasteiger partial charge in [-0.05, 0) is 61.8 Å². The normalized spacial score (nSPS) is 22.2. The summed E-state index contributed by atoms with van der Waals surface area (Å²) in [6.45, 7) is 4.44. The number of aromatic nitrogens is 3. The van der Waals surface area contributed by atoms with Crippen LogP contribution >= 0.6 is 0 Å². The largest absolute Gasteiger partial charge is 0.573 e. The van der Waals surface area contributed by atoms with E-state index in [1.54, 1.807) is 30.5 Å². The van der Waals surface area contributed by atoms with Gasteiger partial charge in [0, 0.05) is 23.1 Å². The molecule has 12 heteroatoms. The first-order valence-electron chi connectivity index (χ1n) is 14.8. The van der Waals surface area contributed by atoms with Gasteiger partial charge in [-0.1, -0.05) is 43.6 Å². The van der Waals surface area contributed by atoms with Crippen LogP contribution in [0.1, 0.15) is 73.6 Å². The van der Waals surface area contributed by atoms with Gasteiger partial charge in [0.2, 0.25) is 0 Å². The van der Waals surface area contributed by atoms with Crippen LogP contribution in [0.3, 0.4) is 0 Å². The Labute approximate surface area is 251 Å². The van der Waals surface area contributed by atoms with Gasteiger partial charge < -0.3 is 24.4 Å². The first-order valence-corrected chi connectivity index (χ1v) is 14.8. The van der Waals surface area contributed by atoms with Gasteiger partial charge in [0.15, 0.2) is 0 Å². The second kappa shape index (κ2) is 12.1. The van der Waals surface area contributed by atoms with Gasteiger partial charge in [-0.25, -0.2) is 14.8 Å². The van der Waals surface area contributed by atoms with Crippen LogP contribution in [0.25, 0.3) is 22.3 Å². The highest BCUT2D eigenvalue weighted by Gasteiger charge is 2.38. The molecule has 0 saturated heterocycles. The van der Waals surface area contributed by atoms with E-state index in [2.05, 4.69) is 39.0 Å². The van der Waals surface area contributed by atoms with E-state index < -0.39 is 12.3 Å². The Bertz CT molecular complexity index is 1650. The Balaban J connectivity index is 1.18. The van der Waals surface area contributed by atoms with Crippen molar-refractivity contribution in [2.45, 2.75) is 77.0 Å². The van der Waals surface area contributed by atoms with E-state index in [9.17, 15) is 23.1 Å². The quantitative estimate of drug-likeness (QED) is 0.187. The van der Waals surface area contributed by atoms with Crippen molar-refractivity contribution in [3.05, 3.63) is 65.5 Å². The molecular weight excluding hydrogens is 577 g/mol. The molecule has 9 nitrogen and oxygen atoms in total. The van der Waals surface area contributed by atoms with Gasteiger partial charge in [0.05, 0.1) is 30.0 Å². The molecule has 6 rings (SSSR count). The first kappa shape index (κ1) is 29.9. The van der Waals surface area contributed by atoms with E-state index in [4.69, 9.17) is 9.26 Å². The number of alkyl halides is 3. The minimum Gasteiger partial charge on any atom is -0.478 e. The monoisotopic (exact) mass is 610 g/mol. The molecule has 2 heterocycles. The average molecular weight is 611 g/mol. The minimum atomic E-state index is -4.84. The van der Waals surface area contributed by atoms with Crippen molar-refractivity contribution in [3.8, 4) is 17.0 Å².